The van der Waals surface area contributed by atoms with Gasteiger partial charge in [-0.15, -0.1) is 0 Å². The lowest BCUT2D eigenvalue weighted by molar-refractivity contribution is 0.222. The summed E-state index contributed by atoms with van der Waals surface area (Å²) in [5.41, 5.74) is 2.16. The molecule has 0 bridgehead atoms. The summed E-state index contributed by atoms with van der Waals surface area (Å²) in [5, 5.41) is 3.43. The fourth-order valence-corrected chi connectivity index (χ4v) is 2.20. The summed E-state index contributed by atoms with van der Waals surface area (Å²) in [5.74, 6) is 0.425. The Balaban J connectivity index is 2.97. The number of halogens is 1. The van der Waals surface area contributed by atoms with E-state index in [9.17, 15) is 4.39 Å². The van der Waals surface area contributed by atoms with E-state index in [2.05, 4.69) is 39.9 Å². The molecule has 0 aliphatic rings. The quantitative estimate of drug-likeness (QED) is 0.802. The molecule has 19 heavy (non-hydrogen) atoms. The first kappa shape index (κ1) is 16.2. The van der Waals surface area contributed by atoms with Gasteiger partial charge in [-0.3, -0.25) is 0 Å². The van der Waals surface area contributed by atoms with E-state index in [-0.39, 0.29) is 17.3 Å². The molecule has 0 amide bonds. The van der Waals surface area contributed by atoms with E-state index in [1.54, 1.807) is 6.07 Å². The summed E-state index contributed by atoms with van der Waals surface area (Å²) < 4.78 is 14.1. The Kier molecular flexibility index (Phi) is 5.54. The second-order valence-electron chi connectivity index (χ2n) is 6.64. The minimum absolute atomic E-state index is 0.0964. The highest BCUT2D eigenvalue weighted by molar-refractivity contribution is 5.27. The Bertz CT molecular complexity index is 406. The molecular formula is C17H28FN. The van der Waals surface area contributed by atoms with Crippen molar-refractivity contribution in [2.45, 2.75) is 54.0 Å². The molecule has 2 unspecified atom stereocenters. The van der Waals surface area contributed by atoms with Gasteiger partial charge in [0.05, 0.1) is 0 Å². The van der Waals surface area contributed by atoms with Crippen LogP contribution in [-0.4, -0.2) is 6.54 Å². The normalized spacial score (nSPS) is 15.3. The average Bonchev–Trinajstić information content (AvgIpc) is 2.30. The van der Waals surface area contributed by atoms with Crippen LogP contribution in [0, 0.1) is 24.1 Å². The first-order valence-corrected chi connectivity index (χ1v) is 7.25. The summed E-state index contributed by atoms with van der Waals surface area (Å²) in [6.07, 6.45) is 0.956. The predicted octanol–water partition coefficient (Wildman–Crippen LogP) is 4.86. The van der Waals surface area contributed by atoms with Gasteiger partial charge in [-0.05, 0) is 37.3 Å². The van der Waals surface area contributed by atoms with E-state index in [1.165, 1.54) is 0 Å². The Morgan fingerprint density at radius 2 is 1.89 bits per heavy atom. The van der Waals surface area contributed by atoms with Crippen LogP contribution in [0.25, 0.3) is 0 Å². The maximum Gasteiger partial charge on any atom is 0.127 e. The molecule has 1 aromatic rings. The van der Waals surface area contributed by atoms with E-state index in [0.29, 0.717) is 5.92 Å². The Labute approximate surface area is 117 Å². The van der Waals surface area contributed by atoms with Crippen molar-refractivity contribution >= 4 is 0 Å². The standard InChI is InChI=1S/C17H28FN/c1-7-19-16(11-13(3)17(4,5)6)14-10-12(2)8-9-15(14)18/h8-10,13,16,19H,7,11H2,1-6H3. The average molecular weight is 265 g/mol. The van der Waals surface area contributed by atoms with Crippen molar-refractivity contribution in [1.82, 2.24) is 5.32 Å². The van der Waals surface area contributed by atoms with Gasteiger partial charge in [0.15, 0.2) is 0 Å². The molecule has 0 heterocycles. The third-order valence-electron chi connectivity index (χ3n) is 4.05. The van der Waals surface area contributed by atoms with Crippen molar-refractivity contribution in [2.24, 2.45) is 11.3 Å². The zero-order valence-corrected chi connectivity index (χ0v) is 13.2. The highest BCUT2D eigenvalue weighted by Gasteiger charge is 2.25. The van der Waals surface area contributed by atoms with Crippen LogP contribution in [0.1, 0.15) is 58.2 Å². The second kappa shape index (κ2) is 6.51. The maximum absolute atomic E-state index is 14.1. The molecule has 0 aliphatic heterocycles. The molecule has 0 aliphatic carbocycles. The van der Waals surface area contributed by atoms with Crippen molar-refractivity contribution in [3.63, 3.8) is 0 Å². The smallest absolute Gasteiger partial charge is 0.127 e. The number of aryl methyl sites for hydroxylation is 1. The van der Waals surface area contributed by atoms with Crippen molar-refractivity contribution in [3.8, 4) is 0 Å². The Morgan fingerprint density at radius 3 is 2.42 bits per heavy atom. The van der Waals surface area contributed by atoms with Gasteiger partial charge in [0.25, 0.3) is 0 Å². The highest BCUT2D eigenvalue weighted by atomic mass is 19.1. The fraction of sp³-hybridized carbons (Fsp3) is 0.647. The number of hydrogen-bond acceptors (Lipinski definition) is 1. The number of hydrogen-bond donors (Lipinski definition) is 1. The van der Waals surface area contributed by atoms with E-state index in [1.807, 2.05) is 19.1 Å². The van der Waals surface area contributed by atoms with Gasteiger partial charge in [-0.1, -0.05) is 52.3 Å². The summed E-state index contributed by atoms with van der Waals surface area (Å²) in [7, 11) is 0. The monoisotopic (exact) mass is 265 g/mol. The lowest BCUT2D eigenvalue weighted by Gasteiger charge is -2.31. The van der Waals surface area contributed by atoms with Crippen molar-refractivity contribution < 1.29 is 4.39 Å². The molecule has 1 N–H and O–H groups in total. The van der Waals surface area contributed by atoms with E-state index < -0.39 is 0 Å². The lowest BCUT2D eigenvalue weighted by atomic mass is 9.77. The third kappa shape index (κ3) is 4.61. The van der Waals surface area contributed by atoms with Crippen molar-refractivity contribution in [1.29, 1.82) is 0 Å². The molecule has 1 aromatic carbocycles. The molecule has 0 spiro atoms. The predicted molar refractivity (Wildman–Crippen MR) is 80.8 cm³/mol. The molecule has 0 saturated carbocycles. The number of nitrogens with one attached hydrogen (secondary N) is 1. The fourth-order valence-electron chi connectivity index (χ4n) is 2.20. The van der Waals surface area contributed by atoms with Crippen LogP contribution >= 0.6 is 0 Å². The Hall–Kier alpha value is -0.890. The third-order valence-corrected chi connectivity index (χ3v) is 4.05. The van der Waals surface area contributed by atoms with Crippen LogP contribution in [-0.2, 0) is 0 Å². The van der Waals surface area contributed by atoms with E-state index in [4.69, 9.17) is 0 Å². The molecule has 108 valence electrons. The molecule has 2 atom stereocenters. The second-order valence-corrected chi connectivity index (χ2v) is 6.64. The molecule has 0 saturated heterocycles. The maximum atomic E-state index is 14.1. The zero-order valence-electron chi connectivity index (χ0n) is 13.2. The van der Waals surface area contributed by atoms with Crippen LogP contribution < -0.4 is 5.32 Å². The molecule has 1 rings (SSSR count). The Morgan fingerprint density at radius 1 is 1.26 bits per heavy atom. The van der Waals surface area contributed by atoms with Gasteiger partial charge in [0.2, 0.25) is 0 Å². The van der Waals surface area contributed by atoms with Gasteiger partial charge in [-0.25, -0.2) is 4.39 Å². The van der Waals surface area contributed by atoms with Crippen molar-refractivity contribution in [2.75, 3.05) is 6.54 Å². The van der Waals surface area contributed by atoms with Crippen LogP contribution in [0.4, 0.5) is 4.39 Å². The highest BCUT2D eigenvalue weighted by Crippen LogP contribution is 2.34. The van der Waals surface area contributed by atoms with Gasteiger partial charge >= 0.3 is 0 Å². The zero-order chi connectivity index (χ0) is 14.6. The van der Waals surface area contributed by atoms with E-state index >= 15 is 0 Å². The number of rotatable bonds is 5. The molecule has 0 radical (unpaired) electrons. The minimum atomic E-state index is -0.0994. The van der Waals surface area contributed by atoms with Gasteiger partial charge in [0, 0.05) is 11.6 Å². The SMILES string of the molecule is CCNC(CC(C)C(C)(C)C)c1cc(C)ccc1F. The molecule has 2 heteroatoms. The summed E-state index contributed by atoms with van der Waals surface area (Å²) in [6.45, 7) is 13.9. The molecule has 0 aromatic heterocycles. The minimum Gasteiger partial charge on any atom is -0.310 e. The molecule has 1 nitrogen and oxygen atoms in total. The van der Waals surface area contributed by atoms with Gasteiger partial charge in [0.1, 0.15) is 5.82 Å². The molecule has 0 fully saturated rings. The van der Waals surface area contributed by atoms with Crippen LogP contribution in [0.15, 0.2) is 18.2 Å². The van der Waals surface area contributed by atoms with Crippen LogP contribution in [0.2, 0.25) is 0 Å². The van der Waals surface area contributed by atoms with Crippen LogP contribution in [0.3, 0.4) is 0 Å². The molecular weight excluding hydrogens is 237 g/mol. The van der Waals surface area contributed by atoms with E-state index in [0.717, 1.165) is 24.1 Å². The van der Waals surface area contributed by atoms with Crippen LogP contribution in [0.5, 0.6) is 0 Å². The lowest BCUT2D eigenvalue weighted by Crippen LogP contribution is -2.28. The van der Waals surface area contributed by atoms with Crippen molar-refractivity contribution in [3.05, 3.63) is 35.1 Å². The number of benzene rings is 1. The topological polar surface area (TPSA) is 12.0 Å². The first-order valence-electron chi connectivity index (χ1n) is 7.25. The summed E-state index contributed by atoms with van der Waals surface area (Å²) >= 11 is 0. The summed E-state index contributed by atoms with van der Waals surface area (Å²) in [6, 6.07) is 5.48. The summed E-state index contributed by atoms with van der Waals surface area (Å²) in [4.78, 5) is 0. The first-order chi connectivity index (χ1) is 8.75. The van der Waals surface area contributed by atoms with Gasteiger partial charge < -0.3 is 5.32 Å². The largest absolute Gasteiger partial charge is 0.310 e. The van der Waals surface area contributed by atoms with Gasteiger partial charge in [-0.2, -0.15) is 0 Å².